The summed E-state index contributed by atoms with van der Waals surface area (Å²) in [6, 6.07) is 6.86. The minimum absolute atomic E-state index is 0.354. The molecule has 0 aromatic heterocycles. The molecule has 1 aliphatic heterocycles. The minimum atomic E-state index is -0.354. The fraction of sp³-hybridized carbons (Fsp3) is 0.167. The van der Waals surface area contributed by atoms with Crippen molar-refractivity contribution in [3.05, 3.63) is 46.0 Å². The van der Waals surface area contributed by atoms with Crippen molar-refractivity contribution in [2.45, 2.75) is 13.3 Å². The number of nitrogens with zero attached hydrogens (tertiary/aromatic N) is 2. The van der Waals surface area contributed by atoms with E-state index in [4.69, 9.17) is 11.6 Å². The van der Waals surface area contributed by atoms with Gasteiger partial charge in [-0.2, -0.15) is 4.99 Å². The second-order valence-corrected chi connectivity index (χ2v) is 4.86. The molecule has 1 aromatic rings. The van der Waals surface area contributed by atoms with Crippen LogP contribution in [0.5, 0.6) is 0 Å². The summed E-state index contributed by atoms with van der Waals surface area (Å²) in [5.74, 6) is -0.354. The number of amidine groups is 1. The van der Waals surface area contributed by atoms with Gasteiger partial charge in [0.1, 0.15) is 0 Å². The number of hydrogen-bond donors (Lipinski definition) is 0. The SMILES string of the molecule is CCC1=C[N]C(=NC(=O)c2ccccc2Cl)S1. The zero-order chi connectivity index (χ0) is 12.3. The highest BCUT2D eigenvalue weighted by Gasteiger charge is 2.15. The van der Waals surface area contributed by atoms with E-state index in [0.717, 1.165) is 11.3 Å². The summed E-state index contributed by atoms with van der Waals surface area (Å²) in [6.07, 6.45) is 2.64. The Morgan fingerprint density at radius 2 is 2.24 bits per heavy atom. The number of aliphatic imine (C=N–C) groups is 1. The van der Waals surface area contributed by atoms with Gasteiger partial charge < -0.3 is 0 Å². The molecule has 1 amide bonds. The molecule has 17 heavy (non-hydrogen) atoms. The lowest BCUT2D eigenvalue weighted by atomic mass is 10.2. The van der Waals surface area contributed by atoms with Gasteiger partial charge in [-0.1, -0.05) is 42.4 Å². The summed E-state index contributed by atoms with van der Waals surface area (Å²) in [5.41, 5.74) is 0.405. The fourth-order valence-corrected chi connectivity index (χ4v) is 2.23. The molecule has 2 rings (SSSR count). The van der Waals surface area contributed by atoms with Gasteiger partial charge in [0.2, 0.25) is 0 Å². The maximum absolute atomic E-state index is 11.8. The zero-order valence-electron chi connectivity index (χ0n) is 9.18. The van der Waals surface area contributed by atoms with Crippen LogP contribution in [-0.2, 0) is 0 Å². The highest BCUT2D eigenvalue weighted by Crippen LogP contribution is 2.26. The van der Waals surface area contributed by atoms with Gasteiger partial charge in [0, 0.05) is 11.1 Å². The molecule has 1 aliphatic rings. The van der Waals surface area contributed by atoms with E-state index < -0.39 is 0 Å². The summed E-state index contributed by atoms with van der Waals surface area (Å²) in [4.78, 5) is 16.9. The van der Waals surface area contributed by atoms with Gasteiger partial charge in [-0.25, -0.2) is 5.32 Å². The third-order valence-corrected chi connectivity index (χ3v) is 3.56. The number of rotatable bonds is 2. The Morgan fingerprint density at radius 1 is 1.47 bits per heavy atom. The van der Waals surface area contributed by atoms with E-state index >= 15 is 0 Å². The molecule has 1 radical (unpaired) electrons. The lowest BCUT2D eigenvalue weighted by Crippen LogP contribution is -2.05. The lowest BCUT2D eigenvalue weighted by Gasteiger charge is -1.99. The summed E-state index contributed by atoms with van der Waals surface area (Å²) in [5, 5.41) is 4.96. The first-order chi connectivity index (χ1) is 8.20. The number of carbonyl (C=O) groups is 1. The van der Waals surface area contributed by atoms with Gasteiger partial charge in [-0.3, -0.25) is 4.79 Å². The monoisotopic (exact) mass is 265 g/mol. The van der Waals surface area contributed by atoms with Gasteiger partial charge in [0.05, 0.1) is 10.6 Å². The summed E-state index contributed by atoms with van der Waals surface area (Å²) >= 11 is 7.34. The quantitative estimate of drug-likeness (QED) is 0.822. The second kappa shape index (κ2) is 5.38. The first kappa shape index (κ1) is 12.2. The van der Waals surface area contributed by atoms with Crippen molar-refractivity contribution >= 4 is 34.4 Å². The van der Waals surface area contributed by atoms with E-state index in [2.05, 4.69) is 10.3 Å². The molecule has 0 aliphatic carbocycles. The number of halogens is 1. The molecule has 0 bridgehead atoms. The van der Waals surface area contributed by atoms with Crippen molar-refractivity contribution in [1.29, 1.82) is 0 Å². The van der Waals surface area contributed by atoms with Crippen molar-refractivity contribution < 1.29 is 4.79 Å². The molecule has 1 heterocycles. The fourth-order valence-electron chi connectivity index (χ4n) is 1.29. The molecule has 0 unspecified atom stereocenters. The Bertz CT molecular complexity index is 511. The first-order valence-electron chi connectivity index (χ1n) is 5.16. The molecule has 0 spiro atoms. The average molecular weight is 266 g/mol. The number of carbonyl (C=O) groups excluding carboxylic acids is 1. The van der Waals surface area contributed by atoms with Crippen molar-refractivity contribution in [2.24, 2.45) is 4.99 Å². The molecule has 0 N–H and O–H groups in total. The third-order valence-electron chi connectivity index (χ3n) is 2.19. The molecule has 1 aromatic carbocycles. The predicted octanol–water partition coefficient (Wildman–Crippen LogP) is 3.44. The normalized spacial score (nSPS) is 16.8. The topological polar surface area (TPSA) is 43.5 Å². The van der Waals surface area contributed by atoms with Crippen LogP contribution in [0.4, 0.5) is 0 Å². The van der Waals surface area contributed by atoms with Crippen molar-refractivity contribution in [3.63, 3.8) is 0 Å². The average Bonchev–Trinajstić information content (AvgIpc) is 2.77. The Balaban J connectivity index is 2.14. The number of allylic oxidation sites excluding steroid dienone is 1. The highest BCUT2D eigenvalue weighted by atomic mass is 35.5. The van der Waals surface area contributed by atoms with Crippen LogP contribution < -0.4 is 5.32 Å². The van der Waals surface area contributed by atoms with Crippen LogP contribution in [0.25, 0.3) is 0 Å². The Labute approximate surface area is 109 Å². The molecule has 0 atom stereocenters. The lowest BCUT2D eigenvalue weighted by molar-refractivity contribution is 0.100. The molecule has 5 heteroatoms. The van der Waals surface area contributed by atoms with Gasteiger partial charge in [0.25, 0.3) is 5.91 Å². The summed E-state index contributed by atoms with van der Waals surface area (Å²) < 4.78 is 0. The number of amides is 1. The maximum Gasteiger partial charge on any atom is 0.280 e. The van der Waals surface area contributed by atoms with E-state index in [1.165, 1.54) is 11.8 Å². The highest BCUT2D eigenvalue weighted by molar-refractivity contribution is 8.17. The van der Waals surface area contributed by atoms with E-state index in [1.54, 1.807) is 30.5 Å². The molecule has 0 saturated heterocycles. The first-order valence-corrected chi connectivity index (χ1v) is 6.35. The Morgan fingerprint density at radius 3 is 2.88 bits per heavy atom. The van der Waals surface area contributed by atoms with Gasteiger partial charge in [-0.05, 0) is 18.6 Å². The van der Waals surface area contributed by atoms with Crippen LogP contribution in [0.3, 0.4) is 0 Å². The number of benzene rings is 1. The summed E-state index contributed by atoms with van der Waals surface area (Å²) in [6.45, 7) is 2.03. The third kappa shape index (κ3) is 2.90. The van der Waals surface area contributed by atoms with Crippen LogP contribution >= 0.6 is 23.4 Å². The number of hydrogen-bond acceptors (Lipinski definition) is 2. The maximum atomic E-state index is 11.8. The van der Waals surface area contributed by atoms with Crippen molar-refractivity contribution in [1.82, 2.24) is 5.32 Å². The van der Waals surface area contributed by atoms with Crippen molar-refractivity contribution in [2.75, 3.05) is 0 Å². The Hall–Kier alpha value is -1.26. The zero-order valence-corrected chi connectivity index (χ0v) is 10.8. The smallest absolute Gasteiger partial charge is 0.267 e. The van der Waals surface area contributed by atoms with Crippen LogP contribution in [-0.4, -0.2) is 11.1 Å². The second-order valence-electron chi connectivity index (χ2n) is 3.36. The Kier molecular flexibility index (Phi) is 3.86. The van der Waals surface area contributed by atoms with Crippen LogP contribution in [0.2, 0.25) is 5.02 Å². The molecular formula is C12H10ClN2OS. The molecular weight excluding hydrogens is 256 g/mol. The van der Waals surface area contributed by atoms with Gasteiger partial charge >= 0.3 is 0 Å². The molecule has 0 saturated carbocycles. The van der Waals surface area contributed by atoms with Crippen LogP contribution in [0, 0.1) is 0 Å². The molecule has 0 fully saturated rings. The number of thioether (sulfide) groups is 1. The minimum Gasteiger partial charge on any atom is -0.267 e. The molecule has 3 nitrogen and oxygen atoms in total. The summed E-state index contributed by atoms with van der Waals surface area (Å²) in [7, 11) is 0. The van der Waals surface area contributed by atoms with E-state index in [0.29, 0.717) is 15.8 Å². The standard InChI is InChI=1S/C12H10ClN2OS/c1-2-8-7-14-12(17-8)15-11(16)9-5-3-4-6-10(9)13/h3-7H,2H2,1H3. The van der Waals surface area contributed by atoms with E-state index in [-0.39, 0.29) is 5.91 Å². The van der Waals surface area contributed by atoms with E-state index in [9.17, 15) is 4.79 Å². The van der Waals surface area contributed by atoms with Gasteiger partial charge in [-0.15, -0.1) is 0 Å². The van der Waals surface area contributed by atoms with Crippen LogP contribution in [0.1, 0.15) is 23.7 Å². The van der Waals surface area contributed by atoms with E-state index in [1.807, 2.05) is 6.92 Å². The van der Waals surface area contributed by atoms with Crippen LogP contribution in [0.15, 0.2) is 40.4 Å². The predicted molar refractivity (Wildman–Crippen MR) is 71.3 cm³/mol. The largest absolute Gasteiger partial charge is 0.280 e. The van der Waals surface area contributed by atoms with Crippen molar-refractivity contribution in [3.8, 4) is 0 Å². The van der Waals surface area contributed by atoms with Gasteiger partial charge in [0.15, 0.2) is 5.17 Å². The molecule has 87 valence electrons.